The van der Waals surface area contributed by atoms with Crippen LogP contribution in [0.2, 0.25) is 0 Å². The summed E-state index contributed by atoms with van der Waals surface area (Å²) in [5, 5.41) is -0.323. The number of rotatable bonds is 7. The number of carbonyl (C=O) groups excluding carboxylic acids is 2. The van der Waals surface area contributed by atoms with E-state index in [1.54, 1.807) is 0 Å². The van der Waals surface area contributed by atoms with Crippen LogP contribution >= 0.6 is 11.8 Å². The Bertz CT molecular complexity index is 235. The summed E-state index contributed by atoms with van der Waals surface area (Å²) in [6.45, 7) is 2.87. The van der Waals surface area contributed by atoms with E-state index in [1.807, 2.05) is 19.0 Å². The minimum Gasteiger partial charge on any atom is -0.340 e. The monoisotopic (exact) mass is 262 g/mol. The van der Waals surface area contributed by atoms with Gasteiger partial charge in [0.05, 0.1) is 0 Å². The summed E-state index contributed by atoms with van der Waals surface area (Å²) >= 11 is 1.11. The van der Waals surface area contributed by atoms with Crippen molar-refractivity contribution in [1.29, 1.82) is 0 Å². The zero-order valence-corrected chi connectivity index (χ0v) is 11.6. The normalized spacial score (nSPS) is 10.4. The maximum absolute atomic E-state index is 11.2. The number of nitrogens with zero attached hydrogens (tertiary/aromatic N) is 1. The molecule has 0 unspecified atom stereocenters. The zero-order chi connectivity index (χ0) is 13.1. The Morgan fingerprint density at radius 2 is 2.00 bits per heavy atom. The fourth-order valence-corrected chi connectivity index (χ4v) is 1.76. The lowest BCUT2D eigenvalue weighted by atomic mass is 10.2. The Balaban J connectivity index is 3.45. The van der Waals surface area contributed by atoms with E-state index in [4.69, 9.17) is 0 Å². The predicted molar refractivity (Wildman–Crippen MR) is 69.8 cm³/mol. The highest BCUT2D eigenvalue weighted by atomic mass is 32.2. The van der Waals surface area contributed by atoms with Crippen molar-refractivity contribution in [2.24, 2.45) is 0 Å². The highest BCUT2D eigenvalue weighted by Gasteiger charge is 2.07. The Kier molecular flexibility index (Phi) is 9.95. The zero-order valence-electron chi connectivity index (χ0n) is 10.8. The molecule has 0 aliphatic rings. The quantitative estimate of drug-likeness (QED) is 0.562. The van der Waals surface area contributed by atoms with Gasteiger partial charge >= 0.3 is 11.2 Å². The van der Waals surface area contributed by atoms with Gasteiger partial charge in [0, 0.05) is 18.7 Å². The Hall–Kier alpha value is -0.750. The molecule has 0 aliphatic heterocycles. The summed E-state index contributed by atoms with van der Waals surface area (Å²) in [5.41, 5.74) is 2.14. The standard InChI is InChI=1S/C11H22N2O3S/c1-4-5-6-7-10(14)16-12-11(15)17-9-8-13(2)3/h4-9H2,1-3H3,(H,12,15). The fourth-order valence-electron chi connectivity index (χ4n) is 1.02. The second kappa shape index (κ2) is 10.4. The first-order valence-electron chi connectivity index (χ1n) is 5.83. The number of hydrogen-bond acceptors (Lipinski definition) is 5. The van der Waals surface area contributed by atoms with Crippen LogP contribution in [0.15, 0.2) is 0 Å². The summed E-state index contributed by atoms with van der Waals surface area (Å²) in [4.78, 5) is 29.0. The van der Waals surface area contributed by atoms with Gasteiger partial charge in [-0.1, -0.05) is 31.5 Å². The third-order valence-electron chi connectivity index (χ3n) is 2.00. The summed E-state index contributed by atoms with van der Waals surface area (Å²) in [6.07, 6.45) is 3.22. The van der Waals surface area contributed by atoms with Crippen LogP contribution in [0.5, 0.6) is 0 Å². The lowest BCUT2D eigenvalue weighted by Crippen LogP contribution is -2.25. The molecule has 0 fully saturated rings. The summed E-state index contributed by atoms with van der Waals surface area (Å²) in [6, 6.07) is 0. The van der Waals surface area contributed by atoms with Gasteiger partial charge in [-0.05, 0) is 20.5 Å². The molecule has 0 spiro atoms. The molecule has 0 radical (unpaired) electrons. The van der Waals surface area contributed by atoms with Crippen LogP contribution < -0.4 is 5.48 Å². The molecule has 17 heavy (non-hydrogen) atoms. The number of thioether (sulfide) groups is 1. The highest BCUT2D eigenvalue weighted by Crippen LogP contribution is 2.03. The van der Waals surface area contributed by atoms with Crippen LogP contribution in [0.4, 0.5) is 4.79 Å². The van der Waals surface area contributed by atoms with Crippen molar-refractivity contribution in [3.8, 4) is 0 Å². The molecule has 0 aromatic carbocycles. The smallest absolute Gasteiger partial charge is 0.332 e. The van der Waals surface area contributed by atoms with Crippen molar-refractivity contribution in [2.45, 2.75) is 32.6 Å². The third kappa shape index (κ3) is 11.5. The molecule has 0 aromatic heterocycles. The van der Waals surface area contributed by atoms with Crippen LogP contribution in [0.1, 0.15) is 32.6 Å². The van der Waals surface area contributed by atoms with Crippen molar-refractivity contribution >= 4 is 23.0 Å². The molecule has 0 atom stereocenters. The van der Waals surface area contributed by atoms with Gasteiger partial charge in [0.2, 0.25) is 0 Å². The molecule has 0 saturated carbocycles. The Morgan fingerprint density at radius 1 is 1.29 bits per heavy atom. The number of nitrogens with one attached hydrogen (secondary N) is 1. The van der Waals surface area contributed by atoms with Gasteiger partial charge in [0.15, 0.2) is 0 Å². The molecule has 100 valence electrons. The van der Waals surface area contributed by atoms with Crippen LogP contribution in [0.3, 0.4) is 0 Å². The lowest BCUT2D eigenvalue weighted by molar-refractivity contribution is -0.148. The third-order valence-corrected chi connectivity index (χ3v) is 2.74. The van der Waals surface area contributed by atoms with Gasteiger partial charge in [-0.3, -0.25) is 4.79 Å². The molecule has 5 nitrogen and oxygen atoms in total. The molecule has 0 saturated heterocycles. The second-order valence-electron chi connectivity index (χ2n) is 3.97. The van der Waals surface area contributed by atoms with E-state index >= 15 is 0 Å². The van der Waals surface area contributed by atoms with Gasteiger partial charge in [0.1, 0.15) is 0 Å². The first-order chi connectivity index (χ1) is 8.06. The first-order valence-corrected chi connectivity index (χ1v) is 6.82. The second-order valence-corrected chi connectivity index (χ2v) is 5.04. The van der Waals surface area contributed by atoms with Crippen molar-refractivity contribution in [1.82, 2.24) is 10.4 Å². The summed E-state index contributed by atoms with van der Waals surface area (Å²) < 4.78 is 0. The SMILES string of the molecule is CCCCCC(=O)ONC(=O)SCCN(C)C. The van der Waals surface area contributed by atoms with Crippen molar-refractivity contribution in [3.05, 3.63) is 0 Å². The van der Waals surface area contributed by atoms with Gasteiger partial charge in [-0.25, -0.2) is 4.79 Å². The minimum atomic E-state index is -0.375. The number of unbranched alkanes of at least 4 members (excludes halogenated alkanes) is 2. The summed E-state index contributed by atoms with van der Waals surface area (Å²) in [7, 11) is 3.87. The molecule has 0 aliphatic carbocycles. The number of hydrogen-bond donors (Lipinski definition) is 1. The van der Waals surface area contributed by atoms with E-state index in [2.05, 4.69) is 17.2 Å². The molecule has 0 bridgehead atoms. The minimum absolute atomic E-state index is 0.323. The van der Waals surface area contributed by atoms with Crippen molar-refractivity contribution in [2.75, 3.05) is 26.4 Å². The molecule has 0 rings (SSSR count). The average Bonchev–Trinajstić information content (AvgIpc) is 2.26. The largest absolute Gasteiger partial charge is 0.340 e. The first kappa shape index (κ1) is 16.2. The molecule has 1 N–H and O–H groups in total. The van der Waals surface area contributed by atoms with E-state index in [0.717, 1.165) is 37.6 Å². The molecular weight excluding hydrogens is 240 g/mol. The van der Waals surface area contributed by atoms with E-state index < -0.39 is 0 Å². The Labute approximate surface area is 107 Å². The topological polar surface area (TPSA) is 58.6 Å². The van der Waals surface area contributed by atoms with Crippen LogP contribution in [-0.4, -0.2) is 42.5 Å². The van der Waals surface area contributed by atoms with Crippen molar-refractivity contribution in [3.63, 3.8) is 0 Å². The average molecular weight is 262 g/mol. The fraction of sp³-hybridized carbons (Fsp3) is 0.818. The van der Waals surface area contributed by atoms with Gasteiger partial charge in [-0.2, -0.15) is 5.48 Å². The van der Waals surface area contributed by atoms with E-state index in [0.29, 0.717) is 12.2 Å². The number of hydroxylamine groups is 1. The number of carbonyl (C=O) groups is 2. The number of amides is 1. The van der Waals surface area contributed by atoms with E-state index in [9.17, 15) is 9.59 Å². The molecule has 1 amide bonds. The maximum Gasteiger partial charge on any atom is 0.332 e. The Morgan fingerprint density at radius 3 is 2.59 bits per heavy atom. The van der Waals surface area contributed by atoms with Gasteiger partial charge < -0.3 is 9.74 Å². The highest BCUT2D eigenvalue weighted by molar-refractivity contribution is 8.13. The molecule has 0 heterocycles. The van der Waals surface area contributed by atoms with E-state index in [-0.39, 0.29) is 11.2 Å². The predicted octanol–water partition coefficient (Wildman–Crippen LogP) is 2.03. The van der Waals surface area contributed by atoms with Crippen LogP contribution in [-0.2, 0) is 9.63 Å². The van der Waals surface area contributed by atoms with Gasteiger partial charge in [-0.15, -0.1) is 0 Å². The molecule has 0 aromatic rings. The molecular formula is C11H22N2O3S. The van der Waals surface area contributed by atoms with E-state index in [1.165, 1.54) is 0 Å². The van der Waals surface area contributed by atoms with Gasteiger partial charge in [0.25, 0.3) is 0 Å². The van der Waals surface area contributed by atoms with Crippen LogP contribution in [0, 0.1) is 0 Å². The lowest BCUT2D eigenvalue weighted by Gasteiger charge is -2.08. The summed E-state index contributed by atoms with van der Waals surface area (Å²) in [5.74, 6) is 0.298. The molecule has 6 heteroatoms. The van der Waals surface area contributed by atoms with Crippen LogP contribution in [0.25, 0.3) is 0 Å². The van der Waals surface area contributed by atoms with Crippen molar-refractivity contribution < 1.29 is 14.4 Å². The maximum atomic E-state index is 11.2.